The molecule has 0 unspecified atom stereocenters. The largest absolute Gasteiger partial charge is 0.497 e. The maximum Gasteiger partial charge on any atom is 0.274 e. The van der Waals surface area contributed by atoms with Crippen LogP contribution in [0.5, 0.6) is 5.75 Å². The van der Waals surface area contributed by atoms with Gasteiger partial charge in [0, 0.05) is 17.4 Å². The van der Waals surface area contributed by atoms with Crippen LogP contribution in [0, 0.1) is 0 Å². The zero-order valence-corrected chi connectivity index (χ0v) is 16.6. The van der Waals surface area contributed by atoms with E-state index in [2.05, 4.69) is 5.32 Å². The molecule has 1 aromatic heterocycles. The Bertz CT molecular complexity index is 1120. The summed E-state index contributed by atoms with van der Waals surface area (Å²) in [5, 5.41) is 11.6. The summed E-state index contributed by atoms with van der Waals surface area (Å²) in [5.41, 5.74) is 2.41. The minimum Gasteiger partial charge on any atom is -0.497 e. The molecule has 0 saturated heterocycles. The first-order valence-corrected chi connectivity index (χ1v) is 9.18. The van der Waals surface area contributed by atoms with E-state index < -0.39 is 17.4 Å². The van der Waals surface area contributed by atoms with E-state index in [1.165, 1.54) is 36.1 Å². The molecular weight excluding hydrogens is 410 g/mol. The van der Waals surface area contributed by atoms with Gasteiger partial charge in [-0.2, -0.15) is 0 Å². The van der Waals surface area contributed by atoms with Gasteiger partial charge in [-0.3, -0.25) is 19.6 Å². The minimum atomic E-state index is -0.640. The highest BCUT2D eigenvalue weighted by molar-refractivity contribution is 6.30. The van der Waals surface area contributed by atoms with Gasteiger partial charge in [-0.15, -0.1) is 0 Å². The Labute approximate surface area is 176 Å². The van der Waals surface area contributed by atoms with Crippen molar-refractivity contribution in [3.8, 4) is 5.75 Å². The number of methoxy groups -OCH3 is 1. The summed E-state index contributed by atoms with van der Waals surface area (Å²) in [6, 6.07) is 14.3. The topological polar surface area (TPSA) is 110 Å². The van der Waals surface area contributed by atoms with Crippen LogP contribution in [-0.4, -0.2) is 28.7 Å². The molecule has 8 nitrogen and oxygen atoms in total. The zero-order chi connectivity index (χ0) is 21.7. The lowest BCUT2D eigenvalue weighted by Crippen LogP contribution is -2.29. The lowest BCUT2D eigenvalue weighted by atomic mass is 10.1. The number of amides is 2. The number of carbonyl (C=O) groups excluding carboxylic acids is 2. The average molecular weight is 428 g/mol. The minimum absolute atomic E-state index is 0.102. The number of hydroxylamine groups is 1. The fourth-order valence-corrected chi connectivity index (χ4v) is 3.00. The van der Waals surface area contributed by atoms with Crippen LogP contribution in [0.25, 0.3) is 0 Å². The van der Waals surface area contributed by atoms with Crippen LogP contribution in [0.3, 0.4) is 0 Å². The number of carbonyl (C=O) groups is 2. The highest BCUT2D eigenvalue weighted by Gasteiger charge is 2.15. The van der Waals surface area contributed by atoms with Gasteiger partial charge in [-0.25, -0.2) is 5.48 Å². The van der Waals surface area contributed by atoms with Gasteiger partial charge in [-0.1, -0.05) is 23.7 Å². The molecule has 0 saturated carbocycles. The normalized spacial score (nSPS) is 10.4. The first-order valence-electron chi connectivity index (χ1n) is 8.80. The molecule has 1 heterocycles. The fraction of sp³-hybridized carbons (Fsp3) is 0.0952. The van der Waals surface area contributed by atoms with E-state index in [9.17, 15) is 14.4 Å². The van der Waals surface area contributed by atoms with Crippen molar-refractivity contribution in [3.63, 3.8) is 0 Å². The van der Waals surface area contributed by atoms with Crippen molar-refractivity contribution in [3.05, 3.63) is 92.9 Å². The Hall–Kier alpha value is -3.62. The highest BCUT2D eigenvalue weighted by Crippen LogP contribution is 2.16. The van der Waals surface area contributed by atoms with Crippen molar-refractivity contribution in [2.24, 2.45) is 0 Å². The maximum absolute atomic E-state index is 12.8. The van der Waals surface area contributed by atoms with E-state index in [0.29, 0.717) is 17.0 Å². The second-order valence-corrected chi connectivity index (χ2v) is 6.76. The predicted molar refractivity (Wildman–Crippen MR) is 111 cm³/mol. The first-order chi connectivity index (χ1) is 14.4. The van der Waals surface area contributed by atoms with E-state index in [4.69, 9.17) is 21.5 Å². The number of hydrogen-bond donors (Lipinski definition) is 3. The molecule has 2 amide bonds. The second-order valence-electron chi connectivity index (χ2n) is 6.33. The van der Waals surface area contributed by atoms with Gasteiger partial charge in [0.05, 0.1) is 18.7 Å². The number of benzene rings is 2. The molecule has 30 heavy (non-hydrogen) atoms. The molecule has 0 spiro atoms. The van der Waals surface area contributed by atoms with Crippen LogP contribution in [0.15, 0.2) is 65.6 Å². The summed E-state index contributed by atoms with van der Waals surface area (Å²) in [5.74, 6) is -0.587. The van der Waals surface area contributed by atoms with Gasteiger partial charge in [0.1, 0.15) is 11.3 Å². The Kier molecular flexibility index (Phi) is 6.51. The van der Waals surface area contributed by atoms with Gasteiger partial charge in [0.25, 0.3) is 17.4 Å². The van der Waals surface area contributed by atoms with Crippen molar-refractivity contribution >= 4 is 29.1 Å². The number of rotatable bonds is 6. The third kappa shape index (κ3) is 4.86. The van der Waals surface area contributed by atoms with Crippen molar-refractivity contribution in [2.45, 2.75) is 6.54 Å². The molecule has 3 aromatic rings. The molecule has 0 atom stereocenters. The fourth-order valence-electron chi connectivity index (χ4n) is 2.77. The molecule has 0 radical (unpaired) electrons. The number of aromatic nitrogens is 1. The smallest absolute Gasteiger partial charge is 0.274 e. The number of anilines is 1. The summed E-state index contributed by atoms with van der Waals surface area (Å²) in [4.78, 5) is 36.8. The molecular formula is C21H18ClN3O5. The van der Waals surface area contributed by atoms with Gasteiger partial charge < -0.3 is 14.6 Å². The van der Waals surface area contributed by atoms with Gasteiger partial charge >= 0.3 is 0 Å². The molecule has 2 aromatic carbocycles. The van der Waals surface area contributed by atoms with E-state index in [0.717, 1.165) is 0 Å². The Morgan fingerprint density at radius 3 is 2.33 bits per heavy atom. The van der Waals surface area contributed by atoms with Crippen molar-refractivity contribution in [1.82, 2.24) is 10.0 Å². The van der Waals surface area contributed by atoms with Crippen LogP contribution in [0.1, 0.15) is 26.3 Å². The highest BCUT2D eigenvalue weighted by atomic mass is 35.5. The second kappa shape index (κ2) is 9.25. The van der Waals surface area contributed by atoms with Crippen LogP contribution < -0.4 is 21.1 Å². The van der Waals surface area contributed by atoms with E-state index in [-0.39, 0.29) is 22.7 Å². The Morgan fingerprint density at radius 2 is 1.73 bits per heavy atom. The summed E-state index contributed by atoms with van der Waals surface area (Å²) in [7, 11) is 1.54. The number of nitrogens with one attached hydrogen (secondary N) is 2. The molecule has 0 aliphatic heterocycles. The summed E-state index contributed by atoms with van der Waals surface area (Å²) >= 11 is 6.12. The van der Waals surface area contributed by atoms with Gasteiger partial charge in [0.15, 0.2) is 0 Å². The van der Waals surface area contributed by atoms with Gasteiger partial charge in [-0.05, 0) is 48.0 Å². The third-order valence-corrected chi connectivity index (χ3v) is 4.52. The molecule has 154 valence electrons. The number of ether oxygens (including phenoxy) is 1. The van der Waals surface area contributed by atoms with Crippen LogP contribution in [-0.2, 0) is 6.54 Å². The van der Waals surface area contributed by atoms with Crippen LogP contribution >= 0.6 is 11.6 Å². The molecule has 0 bridgehead atoms. The van der Waals surface area contributed by atoms with Crippen molar-refractivity contribution in [1.29, 1.82) is 0 Å². The standard InChI is InChI=1S/C21H18ClN3O5/c1-30-17-8-6-16(7-9-17)23-20(27)18-10-15(22)12-25(21(18)28)11-13-2-4-14(5-3-13)19(26)24-29/h2-10,12,29H,11H2,1H3,(H,23,27)(H,24,26). The van der Waals surface area contributed by atoms with Crippen molar-refractivity contribution < 1.29 is 19.5 Å². The third-order valence-electron chi connectivity index (χ3n) is 4.32. The molecule has 3 rings (SSSR count). The predicted octanol–water partition coefficient (Wildman–Crippen LogP) is 2.93. The first kappa shape index (κ1) is 21.1. The van der Waals surface area contributed by atoms with E-state index in [1.807, 2.05) is 0 Å². The SMILES string of the molecule is COc1ccc(NC(=O)c2cc(Cl)cn(Cc3ccc(C(=O)NO)cc3)c2=O)cc1. The average Bonchev–Trinajstić information content (AvgIpc) is 2.76. The quantitative estimate of drug-likeness (QED) is 0.414. The van der Waals surface area contributed by atoms with Crippen molar-refractivity contribution in [2.75, 3.05) is 12.4 Å². The Balaban J connectivity index is 1.83. The number of halogens is 1. The Morgan fingerprint density at radius 1 is 1.07 bits per heavy atom. The monoisotopic (exact) mass is 427 g/mol. The summed E-state index contributed by atoms with van der Waals surface area (Å²) in [6.07, 6.45) is 1.43. The number of pyridine rings is 1. The van der Waals surface area contributed by atoms with Gasteiger partial charge in [0.2, 0.25) is 0 Å². The van der Waals surface area contributed by atoms with E-state index >= 15 is 0 Å². The number of nitrogens with zero attached hydrogens (tertiary/aromatic N) is 1. The molecule has 3 N–H and O–H groups in total. The lowest BCUT2D eigenvalue weighted by Gasteiger charge is -2.11. The lowest BCUT2D eigenvalue weighted by molar-refractivity contribution is 0.0706. The van der Waals surface area contributed by atoms with E-state index in [1.54, 1.807) is 41.9 Å². The summed E-state index contributed by atoms with van der Waals surface area (Å²) < 4.78 is 6.39. The zero-order valence-electron chi connectivity index (χ0n) is 15.9. The molecule has 0 fully saturated rings. The number of hydrogen-bond acceptors (Lipinski definition) is 5. The summed E-state index contributed by atoms with van der Waals surface area (Å²) in [6.45, 7) is 0.142. The van der Waals surface area contributed by atoms with Crippen LogP contribution in [0.4, 0.5) is 5.69 Å². The maximum atomic E-state index is 12.8. The molecule has 0 aliphatic rings. The molecule has 0 aliphatic carbocycles. The molecule has 9 heteroatoms. The van der Waals surface area contributed by atoms with Crippen LogP contribution in [0.2, 0.25) is 5.02 Å².